The van der Waals surface area contributed by atoms with Gasteiger partial charge in [-0.2, -0.15) is 0 Å². The van der Waals surface area contributed by atoms with E-state index in [-0.39, 0.29) is 0 Å². The van der Waals surface area contributed by atoms with Crippen molar-refractivity contribution in [1.29, 1.82) is 0 Å². The van der Waals surface area contributed by atoms with Gasteiger partial charge in [0, 0.05) is 6.26 Å². The van der Waals surface area contributed by atoms with Gasteiger partial charge in [-0.1, -0.05) is 0 Å². The molecule has 4 heteroatoms. The average Bonchev–Trinajstić information content (AvgIpc) is 1.72. The van der Waals surface area contributed by atoms with Crippen LogP contribution in [0.1, 0.15) is 0 Å². The normalized spacial score (nSPS) is 12.0. The van der Waals surface area contributed by atoms with E-state index >= 15 is 0 Å². The van der Waals surface area contributed by atoms with E-state index in [4.69, 9.17) is 4.79 Å². The van der Waals surface area contributed by atoms with Crippen molar-refractivity contribution in [3.8, 4) is 0 Å². The average molecular weight is 137 g/mol. The molecular weight excluding hydrogens is 126 g/mol. The van der Waals surface area contributed by atoms with Crippen molar-refractivity contribution in [2.45, 2.75) is 0 Å². The monoisotopic (exact) mass is 137 g/mol. The van der Waals surface area contributed by atoms with Gasteiger partial charge in [0.2, 0.25) is 0 Å². The van der Waals surface area contributed by atoms with Gasteiger partial charge in [-0.15, -0.1) is 0 Å². The molecule has 8 heavy (non-hydrogen) atoms. The Balaban J connectivity index is 0. The molecule has 0 radical (unpaired) electrons. The van der Waals surface area contributed by atoms with Crippen LogP contribution in [0.2, 0.25) is 0 Å². The summed E-state index contributed by atoms with van der Waals surface area (Å²) in [6, 6.07) is 0. The zero-order chi connectivity index (χ0) is 7.15. The molecule has 1 unspecified atom stereocenters. The fraction of sp³-hybridized carbons (Fsp3) is 0.750. The fourth-order valence-electron chi connectivity index (χ4n) is 0. The zero-order valence-electron chi connectivity index (χ0n) is 5.38. The number of rotatable bonds is 1. The van der Waals surface area contributed by atoms with E-state index in [0.717, 1.165) is 0 Å². The molecule has 0 aromatic heterocycles. The summed E-state index contributed by atoms with van der Waals surface area (Å²) in [4.78, 5) is 8.00. The molecule has 0 rings (SSSR count). The predicted octanol–water partition coefficient (Wildman–Crippen LogP) is -0.343. The van der Waals surface area contributed by atoms with Gasteiger partial charge in [0.15, 0.2) is 0 Å². The van der Waals surface area contributed by atoms with Crippen LogP contribution in [0, 0.1) is 0 Å². The lowest BCUT2D eigenvalue weighted by atomic mass is 11.3. The molecule has 0 saturated heterocycles. The molecule has 0 bridgehead atoms. The van der Waals surface area contributed by atoms with Gasteiger partial charge in [0.25, 0.3) is 0 Å². The van der Waals surface area contributed by atoms with Crippen LogP contribution in [-0.4, -0.2) is 35.7 Å². The van der Waals surface area contributed by atoms with Gasteiger partial charge in [-0.3, -0.25) is 0 Å². The predicted molar refractivity (Wildman–Crippen MR) is 34.9 cm³/mol. The largest absolute Gasteiger partial charge is 0.307 e. The molecule has 0 aliphatic heterocycles. The Hall–Kier alpha value is -0.220. The van der Waals surface area contributed by atoms with Crippen molar-refractivity contribution in [3.05, 3.63) is 0 Å². The molecule has 0 spiro atoms. The lowest BCUT2D eigenvalue weighted by Gasteiger charge is -2.00. The maximum absolute atomic E-state index is 10.2. The number of carbonyl (C=O) groups excluding carboxylic acids is 1. The highest BCUT2D eigenvalue weighted by Crippen LogP contribution is 1.74. The Labute approximate surface area is 52.3 Å². The summed E-state index contributed by atoms with van der Waals surface area (Å²) < 4.78 is 11.8. The first kappa shape index (κ1) is 10.7. The summed E-state index contributed by atoms with van der Waals surface area (Å²) in [7, 11) is 2.76. The maximum atomic E-state index is 10.2. The summed E-state index contributed by atoms with van der Waals surface area (Å²) in [5, 5.41) is 0. The molecule has 0 aromatic carbocycles. The first-order valence-corrected chi connectivity index (χ1v) is 3.46. The lowest BCUT2D eigenvalue weighted by Crippen LogP contribution is -2.12. The second kappa shape index (κ2) is 6.78. The van der Waals surface area contributed by atoms with Crippen LogP contribution in [0.15, 0.2) is 0 Å². The van der Waals surface area contributed by atoms with E-state index in [1.54, 1.807) is 24.7 Å². The third kappa shape index (κ3) is 9.24. The van der Waals surface area contributed by atoms with Gasteiger partial charge < -0.3 is 4.79 Å². The van der Waals surface area contributed by atoms with E-state index in [9.17, 15) is 4.21 Å². The van der Waals surface area contributed by atoms with Gasteiger partial charge in [-0.25, -0.2) is 8.51 Å². The molecule has 50 valence electrons. The van der Waals surface area contributed by atoms with Gasteiger partial charge in [-0.05, 0) is 14.1 Å². The van der Waals surface area contributed by atoms with Crippen LogP contribution in [0.25, 0.3) is 0 Å². The lowest BCUT2D eigenvalue weighted by molar-refractivity contribution is -0.0979. The SMILES string of the molecule is C=O.CN(C)S(C)=O. The van der Waals surface area contributed by atoms with Crippen molar-refractivity contribution in [1.82, 2.24) is 4.31 Å². The van der Waals surface area contributed by atoms with Gasteiger partial charge >= 0.3 is 0 Å². The van der Waals surface area contributed by atoms with Gasteiger partial charge in [0.1, 0.15) is 6.79 Å². The second-order valence-electron chi connectivity index (χ2n) is 1.24. The second-order valence-corrected chi connectivity index (χ2v) is 2.81. The van der Waals surface area contributed by atoms with Crippen molar-refractivity contribution >= 4 is 17.8 Å². The van der Waals surface area contributed by atoms with E-state index < -0.39 is 11.0 Å². The summed E-state index contributed by atoms with van der Waals surface area (Å²) in [6.07, 6.45) is 1.64. The summed E-state index contributed by atoms with van der Waals surface area (Å²) in [6.45, 7) is 2.00. The van der Waals surface area contributed by atoms with Crippen LogP contribution in [0.5, 0.6) is 0 Å². The van der Waals surface area contributed by atoms with Gasteiger partial charge in [0.05, 0.1) is 11.0 Å². The van der Waals surface area contributed by atoms with Crippen LogP contribution in [-0.2, 0) is 15.8 Å². The van der Waals surface area contributed by atoms with Crippen LogP contribution < -0.4 is 0 Å². The van der Waals surface area contributed by atoms with E-state index in [1.807, 2.05) is 6.79 Å². The van der Waals surface area contributed by atoms with Crippen LogP contribution >= 0.6 is 0 Å². The molecule has 3 nitrogen and oxygen atoms in total. The van der Waals surface area contributed by atoms with E-state index in [1.165, 1.54) is 0 Å². The number of hydrogen-bond donors (Lipinski definition) is 0. The molecule has 0 fully saturated rings. The number of hydrogen-bond acceptors (Lipinski definition) is 2. The van der Waals surface area contributed by atoms with E-state index in [0.29, 0.717) is 0 Å². The molecule has 0 aliphatic carbocycles. The molecule has 0 heterocycles. The third-order valence-corrected chi connectivity index (χ3v) is 1.54. The zero-order valence-corrected chi connectivity index (χ0v) is 6.20. The van der Waals surface area contributed by atoms with E-state index in [2.05, 4.69) is 0 Å². The Kier molecular flexibility index (Phi) is 9.07. The highest BCUT2D eigenvalue weighted by Gasteiger charge is 1.86. The first-order chi connectivity index (χ1) is 3.64. The highest BCUT2D eigenvalue weighted by atomic mass is 32.2. The van der Waals surface area contributed by atoms with Crippen molar-refractivity contribution in [3.63, 3.8) is 0 Å². The van der Waals surface area contributed by atoms with Crippen molar-refractivity contribution in [2.24, 2.45) is 0 Å². The number of nitrogens with zero attached hydrogens (tertiary/aromatic N) is 1. The Morgan fingerprint density at radius 1 is 1.38 bits per heavy atom. The number of carbonyl (C=O) groups is 1. The summed E-state index contributed by atoms with van der Waals surface area (Å²) in [5.74, 6) is 0. The minimum Gasteiger partial charge on any atom is -0.307 e. The molecule has 0 saturated carbocycles. The first-order valence-electron chi connectivity index (χ1n) is 1.94. The Bertz CT molecular complexity index is 74.4. The molecule has 0 N–H and O–H groups in total. The Morgan fingerprint density at radius 3 is 1.50 bits per heavy atom. The minimum absolute atomic E-state index is 0.784. The standard InChI is InChI=1S/C3H9NOS.CH2O/c1-4(2)6(3)5;1-2/h1-3H3;1H2. The van der Waals surface area contributed by atoms with Crippen molar-refractivity contribution in [2.75, 3.05) is 20.4 Å². The fourth-order valence-corrected chi connectivity index (χ4v) is 0. The van der Waals surface area contributed by atoms with Crippen LogP contribution in [0.4, 0.5) is 0 Å². The topological polar surface area (TPSA) is 37.4 Å². The molecule has 0 aliphatic rings. The third-order valence-electron chi connectivity index (χ3n) is 0.514. The molecule has 1 atom stereocenters. The Morgan fingerprint density at radius 2 is 1.50 bits per heavy atom. The van der Waals surface area contributed by atoms with Crippen LogP contribution in [0.3, 0.4) is 0 Å². The molecule has 0 aromatic rings. The highest BCUT2D eigenvalue weighted by molar-refractivity contribution is 7.81. The maximum Gasteiger partial charge on any atom is 0.106 e. The minimum atomic E-state index is -0.784. The quantitative estimate of drug-likeness (QED) is 0.495. The molecular formula is C4H11NO2S. The molecule has 0 amide bonds. The summed E-state index contributed by atoms with van der Waals surface area (Å²) >= 11 is 0. The van der Waals surface area contributed by atoms with Crippen molar-refractivity contribution < 1.29 is 9.00 Å². The smallest absolute Gasteiger partial charge is 0.106 e. The summed E-state index contributed by atoms with van der Waals surface area (Å²) in [5.41, 5.74) is 0.